The third kappa shape index (κ3) is 3.02. The first kappa shape index (κ1) is 16.5. The summed E-state index contributed by atoms with van der Waals surface area (Å²) < 4.78 is 0. The summed E-state index contributed by atoms with van der Waals surface area (Å²) in [5.74, 6) is -1.36. The molecule has 4 nitrogen and oxygen atoms in total. The Bertz CT molecular complexity index is 739. The van der Waals surface area contributed by atoms with Gasteiger partial charge in [-0.3, -0.25) is 4.79 Å². The fourth-order valence-electron chi connectivity index (χ4n) is 3.26. The summed E-state index contributed by atoms with van der Waals surface area (Å²) >= 11 is 0. The van der Waals surface area contributed by atoms with Gasteiger partial charge < -0.3 is 15.1 Å². The Morgan fingerprint density at radius 3 is 2.58 bits per heavy atom. The molecule has 1 aliphatic rings. The number of hydrogen-bond donors (Lipinski definition) is 2. The molecular weight excluding hydrogens is 302 g/mol. The number of anilines is 1. The van der Waals surface area contributed by atoms with Gasteiger partial charge in [0.15, 0.2) is 6.23 Å². The highest BCUT2D eigenvalue weighted by atomic mass is 16.4. The highest BCUT2D eigenvalue weighted by Crippen LogP contribution is 2.36. The molecule has 0 radical (unpaired) electrons. The summed E-state index contributed by atoms with van der Waals surface area (Å²) in [7, 11) is 0. The van der Waals surface area contributed by atoms with Crippen LogP contribution in [0.1, 0.15) is 54.7 Å². The van der Waals surface area contributed by atoms with E-state index in [4.69, 9.17) is 5.11 Å². The number of carbonyl (C=O) groups is 1. The number of benzene rings is 2. The number of aliphatic hydroxyl groups excluding tert-OH is 1. The van der Waals surface area contributed by atoms with E-state index >= 15 is 0 Å². The quantitative estimate of drug-likeness (QED) is 0.877. The molecular formula is C20H23NO3. The van der Waals surface area contributed by atoms with E-state index < -0.39 is 18.1 Å². The standard InChI is InChI=1S/C20H23NO3/c1-3-4-14-5-10-18-16(11-14)12-21(19(18)22)17-8-6-15(7-9-17)13(2)20(23)24/h5-11,13,19,22H,3-4,12H2,1-2H3,(H,23,24). The van der Waals surface area contributed by atoms with Gasteiger partial charge in [-0.25, -0.2) is 0 Å². The van der Waals surface area contributed by atoms with Crippen LogP contribution in [0.2, 0.25) is 0 Å². The lowest BCUT2D eigenvalue weighted by Gasteiger charge is -2.23. The van der Waals surface area contributed by atoms with Gasteiger partial charge in [0, 0.05) is 17.8 Å². The van der Waals surface area contributed by atoms with E-state index in [1.165, 1.54) is 5.56 Å². The molecule has 1 aliphatic heterocycles. The van der Waals surface area contributed by atoms with Gasteiger partial charge in [0.1, 0.15) is 0 Å². The predicted molar refractivity (Wildman–Crippen MR) is 94.1 cm³/mol. The van der Waals surface area contributed by atoms with Crippen molar-refractivity contribution >= 4 is 11.7 Å². The molecule has 1 heterocycles. The lowest BCUT2D eigenvalue weighted by Crippen LogP contribution is -2.20. The molecule has 2 atom stereocenters. The molecule has 0 fully saturated rings. The van der Waals surface area contributed by atoms with Crippen LogP contribution in [-0.2, 0) is 17.8 Å². The Balaban J connectivity index is 1.82. The van der Waals surface area contributed by atoms with Crippen molar-refractivity contribution < 1.29 is 15.0 Å². The minimum absolute atomic E-state index is 0.531. The summed E-state index contributed by atoms with van der Waals surface area (Å²) in [6, 6.07) is 13.7. The number of nitrogens with zero attached hydrogens (tertiary/aromatic N) is 1. The second-order valence-electron chi connectivity index (χ2n) is 6.44. The highest BCUT2D eigenvalue weighted by Gasteiger charge is 2.28. The van der Waals surface area contributed by atoms with Crippen LogP contribution in [0, 0.1) is 0 Å². The Labute approximate surface area is 142 Å². The number of aryl methyl sites for hydroxylation is 1. The molecule has 126 valence electrons. The van der Waals surface area contributed by atoms with Crippen LogP contribution in [0.3, 0.4) is 0 Å². The fraction of sp³-hybridized carbons (Fsp3) is 0.350. The zero-order valence-corrected chi connectivity index (χ0v) is 14.1. The van der Waals surface area contributed by atoms with Crippen molar-refractivity contribution in [1.29, 1.82) is 0 Å². The van der Waals surface area contributed by atoms with Crippen LogP contribution in [0.4, 0.5) is 5.69 Å². The Kier molecular flexibility index (Phi) is 4.58. The van der Waals surface area contributed by atoms with Gasteiger partial charge >= 0.3 is 5.97 Å². The maximum absolute atomic E-state index is 11.1. The van der Waals surface area contributed by atoms with Crippen LogP contribution in [-0.4, -0.2) is 16.2 Å². The minimum Gasteiger partial charge on any atom is -0.481 e. The van der Waals surface area contributed by atoms with Crippen molar-refractivity contribution in [3.05, 3.63) is 64.7 Å². The van der Waals surface area contributed by atoms with Crippen LogP contribution in [0.25, 0.3) is 0 Å². The Morgan fingerprint density at radius 2 is 1.96 bits per heavy atom. The van der Waals surface area contributed by atoms with Crippen molar-refractivity contribution in [3.8, 4) is 0 Å². The van der Waals surface area contributed by atoms with E-state index in [1.54, 1.807) is 6.92 Å². The van der Waals surface area contributed by atoms with Crippen molar-refractivity contribution in [2.24, 2.45) is 0 Å². The van der Waals surface area contributed by atoms with Crippen LogP contribution in [0.15, 0.2) is 42.5 Å². The summed E-state index contributed by atoms with van der Waals surface area (Å²) in [5, 5.41) is 19.7. The topological polar surface area (TPSA) is 60.8 Å². The lowest BCUT2D eigenvalue weighted by molar-refractivity contribution is -0.138. The first-order chi connectivity index (χ1) is 11.5. The molecule has 2 N–H and O–H groups in total. The SMILES string of the molecule is CCCc1ccc2c(c1)CN(c1ccc(C(C)C(=O)O)cc1)C2O. The molecule has 0 aliphatic carbocycles. The maximum atomic E-state index is 11.1. The van der Waals surface area contributed by atoms with Gasteiger partial charge in [0.25, 0.3) is 0 Å². The average molecular weight is 325 g/mol. The van der Waals surface area contributed by atoms with E-state index in [-0.39, 0.29) is 0 Å². The first-order valence-electron chi connectivity index (χ1n) is 8.40. The number of rotatable bonds is 5. The fourth-order valence-corrected chi connectivity index (χ4v) is 3.26. The van der Waals surface area contributed by atoms with E-state index in [2.05, 4.69) is 19.1 Å². The van der Waals surface area contributed by atoms with Crippen LogP contribution >= 0.6 is 0 Å². The second kappa shape index (κ2) is 6.65. The zero-order valence-electron chi connectivity index (χ0n) is 14.1. The summed E-state index contributed by atoms with van der Waals surface area (Å²) in [5.41, 5.74) is 5.09. The van der Waals surface area contributed by atoms with Gasteiger partial charge in [-0.2, -0.15) is 0 Å². The molecule has 0 bridgehead atoms. The number of carboxylic acids is 1. The van der Waals surface area contributed by atoms with Crippen molar-refractivity contribution in [1.82, 2.24) is 0 Å². The van der Waals surface area contributed by atoms with E-state index in [0.717, 1.165) is 35.2 Å². The molecule has 0 aromatic heterocycles. The van der Waals surface area contributed by atoms with E-state index in [1.807, 2.05) is 35.2 Å². The summed E-state index contributed by atoms with van der Waals surface area (Å²) in [4.78, 5) is 13.0. The lowest BCUT2D eigenvalue weighted by atomic mass is 10.0. The molecule has 2 unspecified atom stereocenters. The Hall–Kier alpha value is -2.33. The van der Waals surface area contributed by atoms with Crippen LogP contribution < -0.4 is 4.90 Å². The van der Waals surface area contributed by atoms with Gasteiger partial charge in [-0.15, -0.1) is 0 Å². The van der Waals surface area contributed by atoms with Crippen LogP contribution in [0.5, 0.6) is 0 Å². The minimum atomic E-state index is -0.834. The Morgan fingerprint density at radius 1 is 1.25 bits per heavy atom. The molecule has 0 saturated heterocycles. The number of hydrogen-bond acceptors (Lipinski definition) is 3. The van der Waals surface area contributed by atoms with Gasteiger partial charge in [0.2, 0.25) is 0 Å². The van der Waals surface area contributed by atoms with Gasteiger partial charge in [-0.05, 0) is 42.2 Å². The molecule has 2 aromatic carbocycles. The summed E-state index contributed by atoms with van der Waals surface area (Å²) in [6.45, 7) is 4.50. The first-order valence-corrected chi connectivity index (χ1v) is 8.40. The normalized spacial score (nSPS) is 17.6. The number of aliphatic hydroxyl groups is 1. The van der Waals surface area contributed by atoms with E-state index in [9.17, 15) is 9.90 Å². The van der Waals surface area contributed by atoms with Gasteiger partial charge in [0.05, 0.1) is 5.92 Å². The zero-order chi connectivity index (χ0) is 17.3. The van der Waals surface area contributed by atoms with Crippen molar-refractivity contribution in [2.45, 2.75) is 45.4 Å². The molecule has 0 spiro atoms. The van der Waals surface area contributed by atoms with E-state index in [0.29, 0.717) is 6.54 Å². The molecule has 2 aromatic rings. The maximum Gasteiger partial charge on any atom is 0.310 e. The third-order valence-electron chi connectivity index (χ3n) is 4.76. The second-order valence-corrected chi connectivity index (χ2v) is 6.44. The molecule has 3 rings (SSSR count). The largest absolute Gasteiger partial charge is 0.481 e. The monoisotopic (exact) mass is 325 g/mol. The molecule has 0 saturated carbocycles. The number of aliphatic carboxylic acids is 1. The third-order valence-corrected chi connectivity index (χ3v) is 4.76. The molecule has 4 heteroatoms. The number of fused-ring (bicyclic) bond motifs is 1. The number of carboxylic acid groups (broad SMARTS) is 1. The van der Waals surface area contributed by atoms with Gasteiger partial charge in [-0.1, -0.05) is 43.7 Å². The molecule has 24 heavy (non-hydrogen) atoms. The highest BCUT2D eigenvalue weighted by molar-refractivity contribution is 5.75. The molecule has 0 amide bonds. The smallest absolute Gasteiger partial charge is 0.310 e. The predicted octanol–water partition coefficient (Wildman–Crippen LogP) is 3.84. The van der Waals surface area contributed by atoms with Crippen molar-refractivity contribution in [2.75, 3.05) is 4.90 Å². The van der Waals surface area contributed by atoms with Crippen molar-refractivity contribution in [3.63, 3.8) is 0 Å². The summed E-state index contributed by atoms with van der Waals surface area (Å²) in [6.07, 6.45) is 1.50. The average Bonchev–Trinajstić information content (AvgIpc) is 2.91.